The van der Waals surface area contributed by atoms with Gasteiger partial charge in [-0.3, -0.25) is 4.79 Å². The predicted octanol–water partition coefficient (Wildman–Crippen LogP) is 2.62. The normalized spacial score (nSPS) is 18.2. The molecule has 1 saturated heterocycles. The van der Waals surface area contributed by atoms with Crippen LogP contribution in [0.1, 0.15) is 39.7 Å². The molecular formula is C18H27N3O2. The molecule has 1 N–H and O–H groups in total. The highest BCUT2D eigenvalue weighted by Gasteiger charge is 2.37. The summed E-state index contributed by atoms with van der Waals surface area (Å²) in [5.74, 6) is 0.105. The summed E-state index contributed by atoms with van der Waals surface area (Å²) in [6, 6.07) is 9.71. The summed E-state index contributed by atoms with van der Waals surface area (Å²) >= 11 is 0. The van der Waals surface area contributed by atoms with Crippen LogP contribution in [0.15, 0.2) is 30.3 Å². The molecule has 5 heteroatoms. The van der Waals surface area contributed by atoms with Gasteiger partial charge in [-0.15, -0.1) is 0 Å². The van der Waals surface area contributed by atoms with Crippen LogP contribution >= 0.6 is 0 Å². The van der Waals surface area contributed by atoms with E-state index in [2.05, 4.69) is 5.32 Å². The first-order valence-electron chi connectivity index (χ1n) is 8.21. The minimum Gasteiger partial charge on any atom is -0.336 e. The Hall–Kier alpha value is -2.04. The van der Waals surface area contributed by atoms with Crippen molar-refractivity contribution in [1.82, 2.24) is 15.1 Å². The third-order valence-corrected chi connectivity index (χ3v) is 4.15. The van der Waals surface area contributed by atoms with Gasteiger partial charge >= 0.3 is 6.03 Å². The Labute approximate surface area is 138 Å². The van der Waals surface area contributed by atoms with Crippen molar-refractivity contribution in [1.29, 1.82) is 0 Å². The zero-order valence-electron chi connectivity index (χ0n) is 14.5. The third kappa shape index (κ3) is 4.47. The van der Waals surface area contributed by atoms with Crippen molar-refractivity contribution in [2.24, 2.45) is 0 Å². The molecule has 1 aliphatic heterocycles. The predicted molar refractivity (Wildman–Crippen MR) is 90.9 cm³/mol. The first kappa shape index (κ1) is 17.3. The number of benzene rings is 1. The fourth-order valence-corrected chi connectivity index (χ4v) is 2.85. The number of carbonyl (C=O) groups is 2. The molecule has 1 aliphatic rings. The molecule has 5 nitrogen and oxygen atoms in total. The molecule has 2 rings (SSSR count). The van der Waals surface area contributed by atoms with E-state index in [0.29, 0.717) is 26.1 Å². The molecule has 0 bridgehead atoms. The average Bonchev–Trinajstić information content (AvgIpc) is 2.86. The van der Waals surface area contributed by atoms with Gasteiger partial charge in [-0.2, -0.15) is 0 Å². The lowest BCUT2D eigenvalue weighted by Gasteiger charge is -2.32. The molecule has 23 heavy (non-hydrogen) atoms. The Kier molecular flexibility index (Phi) is 5.29. The number of nitrogens with zero attached hydrogens (tertiary/aromatic N) is 2. The van der Waals surface area contributed by atoms with E-state index < -0.39 is 0 Å². The lowest BCUT2D eigenvalue weighted by Crippen LogP contribution is -2.47. The summed E-state index contributed by atoms with van der Waals surface area (Å²) < 4.78 is 0. The number of carbonyl (C=O) groups excluding carboxylic acids is 2. The van der Waals surface area contributed by atoms with Crippen molar-refractivity contribution in [3.8, 4) is 0 Å². The number of hydrogen-bond acceptors (Lipinski definition) is 2. The van der Waals surface area contributed by atoms with Gasteiger partial charge in [0.25, 0.3) is 0 Å². The van der Waals surface area contributed by atoms with Crippen LogP contribution < -0.4 is 5.32 Å². The quantitative estimate of drug-likeness (QED) is 0.928. The Morgan fingerprint density at radius 1 is 1.30 bits per heavy atom. The lowest BCUT2D eigenvalue weighted by molar-refractivity contribution is -0.131. The number of likely N-dealkylation sites (tertiary alicyclic amines) is 1. The van der Waals surface area contributed by atoms with E-state index in [1.165, 1.54) is 0 Å². The van der Waals surface area contributed by atoms with Crippen LogP contribution in [0.2, 0.25) is 0 Å². The average molecular weight is 317 g/mol. The summed E-state index contributed by atoms with van der Waals surface area (Å²) in [5.41, 5.74) is 0.897. The Bertz CT molecular complexity index is 551. The molecule has 1 atom stereocenters. The van der Waals surface area contributed by atoms with Crippen molar-refractivity contribution in [3.05, 3.63) is 35.9 Å². The van der Waals surface area contributed by atoms with Crippen molar-refractivity contribution in [2.45, 2.75) is 52.2 Å². The minimum atomic E-state index is -0.203. The molecule has 1 fully saturated rings. The first-order chi connectivity index (χ1) is 10.8. The molecule has 0 radical (unpaired) electrons. The number of rotatable bonds is 4. The standard InChI is InChI=1S/C18H27N3O2/c1-5-20(12-14-9-7-6-8-10-14)17(23)19-15-11-16(22)21(13-15)18(2,3)4/h6-10,15H,5,11-13H2,1-4H3,(H,19,23). The highest BCUT2D eigenvalue weighted by Crippen LogP contribution is 2.22. The topological polar surface area (TPSA) is 52.7 Å². The molecule has 0 spiro atoms. The van der Waals surface area contributed by atoms with E-state index in [9.17, 15) is 9.59 Å². The van der Waals surface area contributed by atoms with Crippen LogP contribution in [0.3, 0.4) is 0 Å². The van der Waals surface area contributed by atoms with Gasteiger partial charge in [0.15, 0.2) is 0 Å². The first-order valence-corrected chi connectivity index (χ1v) is 8.21. The summed E-state index contributed by atoms with van der Waals surface area (Å²) in [6.07, 6.45) is 0.381. The number of urea groups is 1. The van der Waals surface area contributed by atoms with Crippen LogP contribution in [-0.2, 0) is 11.3 Å². The van der Waals surface area contributed by atoms with Crippen LogP contribution in [0.25, 0.3) is 0 Å². The van der Waals surface area contributed by atoms with Crippen LogP contribution in [0.5, 0.6) is 0 Å². The van der Waals surface area contributed by atoms with Gasteiger partial charge < -0.3 is 15.1 Å². The van der Waals surface area contributed by atoms with Crippen molar-refractivity contribution in [2.75, 3.05) is 13.1 Å². The maximum Gasteiger partial charge on any atom is 0.317 e. The SMILES string of the molecule is CCN(Cc1ccccc1)C(=O)NC1CC(=O)N(C(C)(C)C)C1. The molecule has 1 unspecified atom stereocenters. The second-order valence-corrected chi connectivity index (χ2v) is 7.03. The molecule has 1 heterocycles. The van der Waals surface area contributed by atoms with Gasteiger partial charge in [-0.05, 0) is 33.3 Å². The fraction of sp³-hybridized carbons (Fsp3) is 0.556. The summed E-state index contributed by atoms with van der Waals surface area (Å²) in [4.78, 5) is 28.2. The van der Waals surface area contributed by atoms with E-state index in [1.54, 1.807) is 4.90 Å². The maximum atomic E-state index is 12.5. The molecule has 1 aromatic carbocycles. The highest BCUT2D eigenvalue weighted by molar-refractivity contribution is 5.82. The Morgan fingerprint density at radius 3 is 2.48 bits per heavy atom. The number of amides is 3. The minimum absolute atomic E-state index is 0.105. The number of hydrogen-bond donors (Lipinski definition) is 1. The molecule has 3 amide bonds. The van der Waals surface area contributed by atoms with Crippen molar-refractivity contribution in [3.63, 3.8) is 0 Å². The largest absolute Gasteiger partial charge is 0.336 e. The molecule has 0 aliphatic carbocycles. The van der Waals surface area contributed by atoms with Crippen molar-refractivity contribution < 1.29 is 9.59 Å². The fourth-order valence-electron chi connectivity index (χ4n) is 2.85. The van der Waals surface area contributed by atoms with Crippen LogP contribution in [0, 0.1) is 0 Å². The second-order valence-electron chi connectivity index (χ2n) is 7.03. The van der Waals surface area contributed by atoms with Gasteiger partial charge in [0.2, 0.25) is 5.91 Å². The van der Waals surface area contributed by atoms with Gasteiger partial charge in [-0.1, -0.05) is 30.3 Å². The van der Waals surface area contributed by atoms with Crippen molar-refractivity contribution >= 4 is 11.9 Å². The number of nitrogens with one attached hydrogen (secondary N) is 1. The zero-order valence-corrected chi connectivity index (χ0v) is 14.5. The molecule has 126 valence electrons. The highest BCUT2D eigenvalue weighted by atomic mass is 16.2. The Balaban J connectivity index is 1.94. The second kappa shape index (κ2) is 7.02. The zero-order chi connectivity index (χ0) is 17.0. The Morgan fingerprint density at radius 2 is 1.96 bits per heavy atom. The van der Waals surface area contributed by atoms with E-state index >= 15 is 0 Å². The molecule has 0 saturated carbocycles. The van der Waals surface area contributed by atoms with E-state index in [-0.39, 0.29) is 23.5 Å². The van der Waals surface area contributed by atoms with Gasteiger partial charge in [0.05, 0.1) is 6.04 Å². The van der Waals surface area contributed by atoms with Gasteiger partial charge in [-0.25, -0.2) is 4.79 Å². The smallest absolute Gasteiger partial charge is 0.317 e. The maximum absolute atomic E-state index is 12.5. The van der Waals surface area contributed by atoms with Gasteiger partial charge in [0, 0.05) is 31.6 Å². The third-order valence-electron chi connectivity index (χ3n) is 4.15. The lowest BCUT2D eigenvalue weighted by atomic mass is 10.1. The summed E-state index contributed by atoms with van der Waals surface area (Å²) in [6.45, 7) is 9.80. The van der Waals surface area contributed by atoms with Gasteiger partial charge in [0.1, 0.15) is 0 Å². The molecule has 0 aromatic heterocycles. The van der Waals surface area contributed by atoms with E-state index in [4.69, 9.17) is 0 Å². The molecular weight excluding hydrogens is 290 g/mol. The van der Waals surface area contributed by atoms with Crippen LogP contribution in [0.4, 0.5) is 4.79 Å². The monoisotopic (exact) mass is 317 g/mol. The molecule has 1 aromatic rings. The van der Waals surface area contributed by atoms with E-state index in [1.807, 2.05) is 62.9 Å². The summed E-state index contributed by atoms with van der Waals surface area (Å²) in [7, 11) is 0. The van der Waals surface area contributed by atoms with Crippen LogP contribution in [-0.4, -0.2) is 46.4 Å². The summed E-state index contributed by atoms with van der Waals surface area (Å²) in [5, 5.41) is 3.01. The van der Waals surface area contributed by atoms with E-state index in [0.717, 1.165) is 5.56 Å².